The van der Waals surface area contributed by atoms with Crippen molar-refractivity contribution in [2.24, 2.45) is 17.8 Å². The molecule has 3 unspecified atom stereocenters. The van der Waals surface area contributed by atoms with Gasteiger partial charge in [0, 0.05) is 17.2 Å². The van der Waals surface area contributed by atoms with Gasteiger partial charge >= 0.3 is 5.97 Å². The molecule has 3 atom stereocenters. The van der Waals surface area contributed by atoms with Crippen LogP contribution in [0.4, 0.5) is 5.69 Å². The monoisotopic (exact) mass is 456 g/mol. The van der Waals surface area contributed by atoms with Crippen molar-refractivity contribution in [2.45, 2.75) is 44.0 Å². The van der Waals surface area contributed by atoms with Crippen LogP contribution in [0, 0.1) is 17.8 Å². The summed E-state index contributed by atoms with van der Waals surface area (Å²) in [6.45, 7) is 3.96. The molecule has 1 aliphatic carbocycles. The summed E-state index contributed by atoms with van der Waals surface area (Å²) >= 11 is 1.68. The van der Waals surface area contributed by atoms with Gasteiger partial charge < -0.3 is 9.64 Å². The van der Waals surface area contributed by atoms with E-state index in [4.69, 9.17) is 4.74 Å². The van der Waals surface area contributed by atoms with E-state index < -0.39 is 30.5 Å². The van der Waals surface area contributed by atoms with Crippen LogP contribution >= 0.6 is 11.8 Å². The molecule has 3 aliphatic rings. The third-order valence-electron chi connectivity index (χ3n) is 6.19. The Kier molecular flexibility index (Phi) is 6.69. The molecule has 4 rings (SSSR count). The molecule has 1 fully saturated rings. The Morgan fingerprint density at radius 2 is 1.75 bits per heavy atom. The number of rotatable bonds is 6. The zero-order valence-electron chi connectivity index (χ0n) is 18.4. The molecule has 0 bridgehead atoms. The maximum absolute atomic E-state index is 13.0. The van der Waals surface area contributed by atoms with Gasteiger partial charge in [-0.1, -0.05) is 38.1 Å². The van der Waals surface area contributed by atoms with E-state index in [0.717, 1.165) is 21.2 Å². The molecule has 1 saturated heterocycles. The van der Waals surface area contributed by atoms with Crippen molar-refractivity contribution in [3.8, 4) is 0 Å². The fourth-order valence-electron chi connectivity index (χ4n) is 4.62. The number of carbonyl (C=O) groups excluding carboxylic acids is 4. The number of carbonyl (C=O) groups is 4. The Bertz CT molecular complexity index is 933. The minimum atomic E-state index is -1.00. The number of amides is 3. The van der Waals surface area contributed by atoms with Gasteiger partial charge in [-0.25, -0.2) is 4.79 Å². The summed E-state index contributed by atoms with van der Waals surface area (Å²) in [5.74, 6) is -1.60. The first-order valence-corrected chi connectivity index (χ1v) is 12.1. The van der Waals surface area contributed by atoms with E-state index in [9.17, 15) is 19.2 Å². The second-order valence-electron chi connectivity index (χ2n) is 8.82. The van der Waals surface area contributed by atoms with Crippen molar-refractivity contribution >= 4 is 41.1 Å². The Morgan fingerprint density at radius 3 is 2.41 bits per heavy atom. The number of fused-ring (bicyclic) bond motifs is 2. The first-order chi connectivity index (χ1) is 15.4. The smallest absolute Gasteiger partial charge is 0.329 e. The maximum atomic E-state index is 13.0. The lowest BCUT2D eigenvalue weighted by atomic mass is 9.85. The van der Waals surface area contributed by atoms with Gasteiger partial charge in [0.1, 0.15) is 6.04 Å². The number of ether oxygens (including phenoxy) is 1. The number of thioether (sulfide) groups is 1. The number of allylic oxidation sites excluding steroid dienone is 2. The molecule has 0 N–H and O–H groups in total. The van der Waals surface area contributed by atoms with E-state index >= 15 is 0 Å². The van der Waals surface area contributed by atoms with Crippen LogP contribution in [-0.2, 0) is 23.9 Å². The number of nitrogens with zero attached hydrogens (tertiary/aromatic N) is 2. The lowest BCUT2D eigenvalue weighted by Gasteiger charge is -2.30. The van der Waals surface area contributed by atoms with Crippen molar-refractivity contribution in [2.75, 3.05) is 23.8 Å². The predicted molar refractivity (Wildman–Crippen MR) is 121 cm³/mol. The quantitative estimate of drug-likeness (QED) is 0.372. The number of esters is 1. The summed E-state index contributed by atoms with van der Waals surface area (Å²) in [4.78, 5) is 55.6. The van der Waals surface area contributed by atoms with E-state index in [1.807, 2.05) is 50.3 Å². The largest absolute Gasteiger partial charge is 0.454 e. The topological polar surface area (TPSA) is 84.0 Å². The van der Waals surface area contributed by atoms with Crippen molar-refractivity contribution in [3.63, 3.8) is 0 Å². The molecule has 0 aromatic heterocycles. The highest BCUT2D eigenvalue weighted by Crippen LogP contribution is 2.37. The highest BCUT2D eigenvalue weighted by atomic mass is 32.2. The zero-order valence-corrected chi connectivity index (χ0v) is 19.2. The fourth-order valence-corrected chi connectivity index (χ4v) is 5.62. The van der Waals surface area contributed by atoms with Crippen molar-refractivity contribution in [1.82, 2.24) is 4.90 Å². The van der Waals surface area contributed by atoms with Crippen LogP contribution in [0.2, 0.25) is 0 Å². The lowest BCUT2D eigenvalue weighted by molar-refractivity contribution is -0.160. The standard InChI is InChI=1S/C24H28N2O5S/c1-15(2)13-19(26-22(28)16-7-3-4-8-17(16)23(26)29)24(30)31-14-21(27)25-11-12-32-20-10-6-5-9-18(20)25/h3-6,9-10,15-17,19H,7-8,11-14H2,1-2H3. The Morgan fingerprint density at radius 1 is 1.09 bits per heavy atom. The zero-order chi connectivity index (χ0) is 22.8. The molecule has 0 saturated carbocycles. The second-order valence-corrected chi connectivity index (χ2v) is 9.95. The normalized spacial score (nSPS) is 23.2. The van der Waals surface area contributed by atoms with E-state index in [1.54, 1.807) is 16.7 Å². The number of para-hydroxylation sites is 1. The average molecular weight is 457 g/mol. The van der Waals surface area contributed by atoms with Crippen LogP contribution in [0.25, 0.3) is 0 Å². The molecule has 2 aliphatic heterocycles. The fraction of sp³-hybridized carbons (Fsp3) is 0.500. The van der Waals surface area contributed by atoms with E-state index in [1.165, 1.54) is 0 Å². The third kappa shape index (κ3) is 4.33. The predicted octanol–water partition coefficient (Wildman–Crippen LogP) is 3.03. The number of anilines is 1. The van der Waals surface area contributed by atoms with Gasteiger partial charge in [-0.2, -0.15) is 0 Å². The molecule has 32 heavy (non-hydrogen) atoms. The van der Waals surface area contributed by atoms with Crippen LogP contribution in [0.1, 0.15) is 33.1 Å². The summed E-state index contributed by atoms with van der Waals surface area (Å²) < 4.78 is 5.40. The highest BCUT2D eigenvalue weighted by Gasteiger charge is 2.51. The summed E-state index contributed by atoms with van der Waals surface area (Å²) in [7, 11) is 0. The number of hydrogen-bond acceptors (Lipinski definition) is 6. The number of likely N-dealkylation sites (tertiary alicyclic amines) is 1. The lowest BCUT2D eigenvalue weighted by Crippen LogP contribution is -2.48. The van der Waals surface area contributed by atoms with Gasteiger partial charge in [-0.3, -0.25) is 19.3 Å². The Labute approximate surface area is 192 Å². The Hall–Kier alpha value is -2.61. The second kappa shape index (κ2) is 9.48. The molecule has 2 heterocycles. The number of benzene rings is 1. The molecule has 0 radical (unpaired) electrons. The summed E-state index contributed by atoms with van der Waals surface area (Å²) in [5, 5.41) is 0. The molecule has 7 nitrogen and oxygen atoms in total. The van der Waals surface area contributed by atoms with Gasteiger partial charge in [-0.05, 0) is 37.3 Å². The van der Waals surface area contributed by atoms with Crippen molar-refractivity contribution in [1.29, 1.82) is 0 Å². The molecule has 1 aromatic rings. The van der Waals surface area contributed by atoms with Gasteiger partial charge in [0.2, 0.25) is 11.8 Å². The average Bonchev–Trinajstić information content (AvgIpc) is 3.05. The SMILES string of the molecule is CC(C)CC(C(=O)OCC(=O)N1CCSc2ccccc21)N1C(=O)C2CC=CCC2C1=O. The van der Waals surface area contributed by atoms with Gasteiger partial charge in [0.15, 0.2) is 6.61 Å². The molecular weight excluding hydrogens is 428 g/mol. The molecule has 0 spiro atoms. The minimum absolute atomic E-state index is 0.0654. The number of imide groups is 1. The van der Waals surface area contributed by atoms with E-state index in [-0.39, 0.29) is 23.6 Å². The summed E-state index contributed by atoms with van der Waals surface area (Å²) in [5.41, 5.74) is 0.810. The van der Waals surface area contributed by atoms with Crippen molar-refractivity contribution in [3.05, 3.63) is 36.4 Å². The molecular formula is C24H28N2O5S. The van der Waals surface area contributed by atoms with Gasteiger partial charge in [0.05, 0.1) is 17.5 Å². The minimum Gasteiger partial charge on any atom is -0.454 e. The van der Waals surface area contributed by atoms with Gasteiger partial charge in [0.25, 0.3) is 5.91 Å². The van der Waals surface area contributed by atoms with Crippen LogP contribution in [-0.4, -0.2) is 53.5 Å². The highest BCUT2D eigenvalue weighted by molar-refractivity contribution is 7.99. The van der Waals surface area contributed by atoms with Crippen LogP contribution < -0.4 is 4.90 Å². The Balaban J connectivity index is 1.46. The third-order valence-corrected chi connectivity index (χ3v) is 7.23. The number of hydrogen-bond donors (Lipinski definition) is 0. The molecule has 8 heteroatoms. The van der Waals surface area contributed by atoms with Gasteiger partial charge in [-0.15, -0.1) is 11.8 Å². The first-order valence-electron chi connectivity index (χ1n) is 11.1. The van der Waals surface area contributed by atoms with Crippen LogP contribution in [0.5, 0.6) is 0 Å². The van der Waals surface area contributed by atoms with E-state index in [2.05, 4.69) is 0 Å². The molecule has 3 amide bonds. The summed E-state index contributed by atoms with van der Waals surface area (Å²) in [6, 6.07) is 6.63. The van der Waals surface area contributed by atoms with Crippen molar-refractivity contribution < 1.29 is 23.9 Å². The van der Waals surface area contributed by atoms with E-state index in [0.29, 0.717) is 25.8 Å². The van der Waals surface area contributed by atoms with Crippen LogP contribution in [0.15, 0.2) is 41.3 Å². The summed E-state index contributed by atoms with van der Waals surface area (Å²) in [6.07, 6.45) is 5.17. The molecule has 170 valence electrons. The van der Waals surface area contributed by atoms with Crippen LogP contribution in [0.3, 0.4) is 0 Å². The maximum Gasteiger partial charge on any atom is 0.329 e. The molecule has 1 aromatic carbocycles. The first kappa shape index (κ1) is 22.6.